The molecule has 21 heavy (non-hydrogen) atoms. The SMILES string of the molecule is COC(=O)c1cc(C(=O)O)n2ncc(CCCC=O)c2n1. The van der Waals surface area contributed by atoms with E-state index in [9.17, 15) is 19.5 Å². The van der Waals surface area contributed by atoms with Gasteiger partial charge in [0.05, 0.1) is 13.3 Å². The Morgan fingerprint density at radius 2 is 2.24 bits per heavy atom. The Bertz CT molecular complexity index is 707. The first-order valence-corrected chi connectivity index (χ1v) is 6.21. The molecule has 2 rings (SSSR count). The van der Waals surface area contributed by atoms with Gasteiger partial charge in [-0.2, -0.15) is 5.10 Å². The van der Waals surface area contributed by atoms with Crippen LogP contribution in [0.15, 0.2) is 12.3 Å². The molecule has 0 aliphatic heterocycles. The van der Waals surface area contributed by atoms with Crippen LogP contribution in [0.1, 0.15) is 39.4 Å². The molecule has 0 amide bonds. The van der Waals surface area contributed by atoms with Gasteiger partial charge in [-0.3, -0.25) is 0 Å². The van der Waals surface area contributed by atoms with E-state index in [2.05, 4.69) is 14.8 Å². The molecule has 0 saturated carbocycles. The molecule has 0 atom stereocenters. The Labute approximate surface area is 119 Å². The van der Waals surface area contributed by atoms with E-state index in [1.807, 2.05) is 0 Å². The molecule has 0 bridgehead atoms. The summed E-state index contributed by atoms with van der Waals surface area (Å²) in [6.07, 6.45) is 3.79. The summed E-state index contributed by atoms with van der Waals surface area (Å²) < 4.78 is 5.72. The van der Waals surface area contributed by atoms with Gasteiger partial charge in [-0.1, -0.05) is 0 Å². The number of aromatic nitrogens is 3. The minimum atomic E-state index is -1.23. The van der Waals surface area contributed by atoms with Crippen molar-refractivity contribution in [3.63, 3.8) is 0 Å². The molecule has 0 fully saturated rings. The lowest BCUT2D eigenvalue weighted by Crippen LogP contribution is -2.13. The number of aryl methyl sites for hydroxylation is 1. The number of aromatic carboxylic acids is 1. The zero-order valence-corrected chi connectivity index (χ0v) is 11.3. The molecule has 0 unspecified atom stereocenters. The molecule has 8 nitrogen and oxygen atoms in total. The summed E-state index contributed by atoms with van der Waals surface area (Å²) in [5.41, 5.74) is 0.674. The summed E-state index contributed by atoms with van der Waals surface area (Å²) >= 11 is 0. The van der Waals surface area contributed by atoms with Gasteiger partial charge in [-0.05, 0) is 12.8 Å². The number of nitrogens with zero attached hydrogens (tertiary/aromatic N) is 3. The van der Waals surface area contributed by atoms with Crippen LogP contribution < -0.4 is 0 Å². The summed E-state index contributed by atoms with van der Waals surface area (Å²) in [7, 11) is 1.19. The Hall–Kier alpha value is -2.77. The van der Waals surface area contributed by atoms with E-state index in [0.717, 1.165) is 16.9 Å². The lowest BCUT2D eigenvalue weighted by Gasteiger charge is -2.04. The Morgan fingerprint density at radius 1 is 1.48 bits per heavy atom. The number of esters is 1. The maximum absolute atomic E-state index is 11.6. The number of carbonyl (C=O) groups excluding carboxylic acids is 2. The fourth-order valence-electron chi connectivity index (χ4n) is 1.92. The van der Waals surface area contributed by atoms with Crippen LogP contribution in [0.3, 0.4) is 0 Å². The van der Waals surface area contributed by atoms with Crippen molar-refractivity contribution in [3.8, 4) is 0 Å². The average Bonchev–Trinajstić information content (AvgIpc) is 2.88. The lowest BCUT2D eigenvalue weighted by atomic mass is 10.1. The third-order valence-electron chi connectivity index (χ3n) is 2.93. The highest BCUT2D eigenvalue weighted by atomic mass is 16.5. The number of rotatable bonds is 6. The van der Waals surface area contributed by atoms with Gasteiger partial charge >= 0.3 is 11.9 Å². The third kappa shape index (κ3) is 2.88. The molecular formula is C13H13N3O5. The first-order valence-electron chi connectivity index (χ1n) is 6.21. The summed E-state index contributed by atoms with van der Waals surface area (Å²) in [5.74, 6) is -1.95. The molecule has 0 aliphatic rings. The number of hydrogen-bond acceptors (Lipinski definition) is 6. The highest BCUT2D eigenvalue weighted by Crippen LogP contribution is 2.15. The van der Waals surface area contributed by atoms with Crippen LogP contribution in [-0.4, -0.2) is 45.0 Å². The van der Waals surface area contributed by atoms with Crippen LogP contribution in [-0.2, 0) is 16.0 Å². The summed E-state index contributed by atoms with van der Waals surface area (Å²) in [6.45, 7) is 0. The number of fused-ring (bicyclic) bond motifs is 1. The van der Waals surface area contributed by atoms with E-state index < -0.39 is 11.9 Å². The molecular weight excluding hydrogens is 278 g/mol. The second kappa shape index (κ2) is 6.12. The van der Waals surface area contributed by atoms with Crippen LogP contribution in [0.4, 0.5) is 0 Å². The number of hydrogen-bond donors (Lipinski definition) is 1. The highest BCUT2D eigenvalue weighted by molar-refractivity contribution is 5.93. The van der Waals surface area contributed by atoms with Gasteiger partial charge in [0, 0.05) is 18.1 Å². The largest absolute Gasteiger partial charge is 0.477 e. The van der Waals surface area contributed by atoms with Crippen molar-refractivity contribution in [2.45, 2.75) is 19.3 Å². The van der Waals surface area contributed by atoms with E-state index >= 15 is 0 Å². The molecule has 0 aliphatic carbocycles. The van der Waals surface area contributed by atoms with E-state index in [0.29, 0.717) is 24.8 Å². The smallest absolute Gasteiger partial charge is 0.356 e. The number of carboxylic acids is 1. The monoisotopic (exact) mass is 291 g/mol. The predicted molar refractivity (Wildman–Crippen MR) is 70.3 cm³/mol. The Kier molecular flexibility index (Phi) is 4.27. The molecule has 110 valence electrons. The van der Waals surface area contributed by atoms with Crippen LogP contribution in [0.25, 0.3) is 5.65 Å². The predicted octanol–water partition coefficient (Wildman–Crippen LogP) is 0.736. The maximum atomic E-state index is 11.6. The number of carbonyl (C=O) groups is 3. The topological polar surface area (TPSA) is 111 Å². The molecule has 2 aromatic heterocycles. The van der Waals surface area contributed by atoms with Crippen LogP contribution in [0.2, 0.25) is 0 Å². The molecule has 2 aromatic rings. The van der Waals surface area contributed by atoms with Crippen molar-refractivity contribution in [3.05, 3.63) is 29.2 Å². The molecule has 0 aromatic carbocycles. The van der Waals surface area contributed by atoms with Crippen LogP contribution >= 0.6 is 0 Å². The molecule has 0 radical (unpaired) electrons. The fraction of sp³-hybridized carbons (Fsp3) is 0.308. The second-order valence-corrected chi connectivity index (χ2v) is 4.29. The zero-order valence-electron chi connectivity index (χ0n) is 11.3. The maximum Gasteiger partial charge on any atom is 0.356 e. The Balaban J connectivity index is 2.54. The van der Waals surface area contributed by atoms with Gasteiger partial charge in [0.2, 0.25) is 0 Å². The lowest BCUT2D eigenvalue weighted by molar-refractivity contribution is -0.107. The quantitative estimate of drug-likeness (QED) is 0.474. The summed E-state index contributed by atoms with van der Waals surface area (Å²) in [4.78, 5) is 37.3. The Morgan fingerprint density at radius 3 is 2.86 bits per heavy atom. The molecule has 0 saturated heterocycles. The van der Waals surface area contributed by atoms with Crippen molar-refractivity contribution in [1.82, 2.24) is 14.6 Å². The van der Waals surface area contributed by atoms with Crippen molar-refractivity contribution in [2.24, 2.45) is 0 Å². The summed E-state index contributed by atoms with van der Waals surface area (Å²) in [6, 6.07) is 1.11. The van der Waals surface area contributed by atoms with Crippen LogP contribution in [0, 0.1) is 0 Å². The van der Waals surface area contributed by atoms with Crippen molar-refractivity contribution >= 4 is 23.9 Å². The number of carboxylic acid groups (broad SMARTS) is 1. The van der Waals surface area contributed by atoms with Crippen molar-refractivity contribution < 1.29 is 24.2 Å². The van der Waals surface area contributed by atoms with E-state index in [1.165, 1.54) is 13.3 Å². The number of unbranched alkanes of at least 4 members (excludes halogenated alkanes) is 1. The minimum Gasteiger partial charge on any atom is -0.477 e. The van der Waals surface area contributed by atoms with Gasteiger partial charge in [-0.15, -0.1) is 0 Å². The third-order valence-corrected chi connectivity index (χ3v) is 2.93. The van der Waals surface area contributed by atoms with Crippen LogP contribution in [0.5, 0.6) is 0 Å². The van der Waals surface area contributed by atoms with Gasteiger partial charge in [0.15, 0.2) is 17.0 Å². The highest BCUT2D eigenvalue weighted by Gasteiger charge is 2.19. The van der Waals surface area contributed by atoms with Gasteiger partial charge < -0.3 is 14.6 Å². The first kappa shape index (κ1) is 14.6. The van der Waals surface area contributed by atoms with E-state index in [-0.39, 0.29) is 17.0 Å². The molecule has 8 heteroatoms. The van der Waals surface area contributed by atoms with Gasteiger partial charge in [0.1, 0.15) is 6.29 Å². The average molecular weight is 291 g/mol. The standard InChI is InChI=1S/C13H13N3O5/c1-21-13(20)9-6-10(12(18)19)16-11(15-9)8(7-14-16)4-2-3-5-17/h5-7H,2-4H2,1H3,(H,18,19). The van der Waals surface area contributed by atoms with Crippen molar-refractivity contribution in [2.75, 3.05) is 7.11 Å². The van der Waals surface area contributed by atoms with E-state index in [4.69, 9.17) is 0 Å². The van der Waals surface area contributed by atoms with Gasteiger partial charge in [0.25, 0.3) is 0 Å². The zero-order chi connectivity index (χ0) is 15.4. The first-order chi connectivity index (χ1) is 10.1. The number of aldehydes is 1. The number of ether oxygens (including phenoxy) is 1. The molecule has 1 N–H and O–H groups in total. The molecule has 2 heterocycles. The number of methoxy groups -OCH3 is 1. The fourth-order valence-corrected chi connectivity index (χ4v) is 1.92. The second-order valence-electron chi connectivity index (χ2n) is 4.29. The van der Waals surface area contributed by atoms with Gasteiger partial charge in [-0.25, -0.2) is 19.1 Å². The minimum absolute atomic E-state index is 0.0977. The van der Waals surface area contributed by atoms with Crippen molar-refractivity contribution in [1.29, 1.82) is 0 Å². The summed E-state index contributed by atoms with van der Waals surface area (Å²) in [5, 5.41) is 13.2. The normalized spacial score (nSPS) is 10.5. The van der Waals surface area contributed by atoms with E-state index in [1.54, 1.807) is 0 Å². The molecule has 0 spiro atoms.